The molecule has 0 heterocycles. The van der Waals surface area contributed by atoms with E-state index in [9.17, 15) is 24.5 Å². The summed E-state index contributed by atoms with van der Waals surface area (Å²) in [5, 5.41) is 9.27. The first kappa shape index (κ1) is 16.8. The van der Waals surface area contributed by atoms with Gasteiger partial charge in [-0.2, -0.15) is 0 Å². The molecule has 9 nitrogen and oxygen atoms in total. The zero-order valence-electron chi connectivity index (χ0n) is 10.6. The van der Waals surface area contributed by atoms with Crippen molar-refractivity contribution in [3.8, 4) is 0 Å². The van der Waals surface area contributed by atoms with Crippen LogP contribution in [0.1, 0.15) is 39.0 Å². The molecular weight excluding hydrogens is 260 g/mol. The highest BCUT2D eigenvalue weighted by Gasteiger charge is 2.16. The quantitative estimate of drug-likeness (QED) is 0.262. The fourth-order valence-electron chi connectivity index (χ4n) is 1.12. The molecule has 108 valence electrons. The zero-order valence-corrected chi connectivity index (χ0v) is 10.6. The molecule has 0 saturated heterocycles. The monoisotopic (exact) mass is 276 g/mol. The Morgan fingerprint density at radius 3 is 2.53 bits per heavy atom. The van der Waals surface area contributed by atoms with Crippen LogP contribution in [0.5, 0.6) is 0 Å². The van der Waals surface area contributed by atoms with Gasteiger partial charge in [0.05, 0.1) is 6.61 Å². The Balaban J connectivity index is 3.85. The largest absolute Gasteiger partial charge is 0.333 e. The summed E-state index contributed by atoms with van der Waals surface area (Å²) in [7, 11) is 0. The third kappa shape index (κ3) is 8.52. The van der Waals surface area contributed by atoms with Crippen LogP contribution in [-0.4, -0.2) is 35.0 Å². The van der Waals surface area contributed by atoms with E-state index in [-0.39, 0.29) is 25.9 Å². The Morgan fingerprint density at radius 2 is 2.00 bits per heavy atom. The molecule has 0 rings (SSSR count). The summed E-state index contributed by atoms with van der Waals surface area (Å²) >= 11 is 0. The van der Waals surface area contributed by atoms with Crippen molar-refractivity contribution >= 4 is 18.3 Å². The summed E-state index contributed by atoms with van der Waals surface area (Å²) in [6.45, 7) is 1.63. The number of hydrogen-bond acceptors (Lipinski definition) is 7. The number of rotatable bonds is 9. The van der Waals surface area contributed by atoms with Crippen molar-refractivity contribution < 1.29 is 29.1 Å². The smallest absolute Gasteiger partial charge is 0.331 e. The van der Waals surface area contributed by atoms with E-state index in [1.165, 1.54) is 0 Å². The molecule has 0 aliphatic heterocycles. The number of hydroxylamine groups is 2. The second-order valence-electron chi connectivity index (χ2n) is 3.55. The molecule has 0 aromatic carbocycles. The van der Waals surface area contributed by atoms with Crippen molar-refractivity contribution in [2.24, 2.45) is 0 Å². The molecule has 0 unspecified atom stereocenters. The Labute approximate surface area is 109 Å². The van der Waals surface area contributed by atoms with Gasteiger partial charge in [0.2, 0.25) is 0 Å². The van der Waals surface area contributed by atoms with Crippen molar-refractivity contribution in [3.05, 3.63) is 10.1 Å². The van der Waals surface area contributed by atoms with Crippen LogP contribution in [0.25, 0.3) is 0 Å². The number of hydrogen-bond donors (Lipinski definition) is 0. The van der Waals surface area contributed by atoms with Crippen LogP contribution in [-0.2, 0) is 24.1 Å². The van der Waals surface area contributed by atoms with E-state index in [0.29, 0.717) is 24.3 Å². The summed E-state index contributed by atoms with van der Waals surface area (Å²) in [5.41, 5.74) is 0. The molecule has 0 atom stereocenters. The summed E-state index contributed by atoms with van der Waals surface area (Å²) in [5.74, 6) is -1.35. The molecule has 0 aliphatic rings. The first-order chi connectivity index (χ1) is 9.01. The van der Waals surface area contributed by atoms with Crippen molar-refractivity contribution in [1.29, 1.82) is 0 Å². The van der Waals surface area contributed by atoms with Gasteiger partial charge in [-0.3, -0.25) is 9.59 Å². The molecule has 0 aliphatic carbocycles. The van der Waals surface area contributed by atoms with E-state index in [4.69, 9.17) is 0 Å². The first-order valence-corrected chi connectivity index (χ1v) is 5.76. The van der Waals surface area contributed by atoms with Gasteiger partial charge in [-0.1, -0.05) is 6.92 Å². The lowest BCUT2D eigenvalue weighted by atomic mass is 10.2. The molecule has 0 aromatic rings. The Hall–Kier alpha value is -2.19. The van der Waals surface area contributed by atoms with Crippen molar-refractivity contribution in [1.82, 2.24) is 5.06 Å². The second-order valence-corrected chi connectivity index (χ2v) is 3.55. The third-order valence-electron chi connectivity index (χ3n) is 1.98. The van der Waals surface area contributed by atoms with Crippen LogP contribution in [0, 0.1) is 10.1 Å². The highest BCUT2D eigenvalue weighted by atomic mass is 16.9. The molecule has 0 spiro atoms. The average Bonchev–Trinajstić information content (AvgIpc) is 2.35. The number of nitrogens with zero attached hydrogens (tertiary/aromatic N) is 2. The van der Waals surface area contributed by atoms with Gasteiger partial charge in [0.25, 0.3) is 17.4 Å². The maximum atomic E-state index is 11.3. The molecule has 9 heteroatoms. The van der Waals surface area contributed by atoms with Crippen LogP contribution in [0.3, 0.4) is 0 Å². The number of amides is 2. The van der Waals surface area contributed by atoms with Gasteiger partial charge in [0.15, 0.2) is 0 Å². The predicted molar refractivity (Wildman–Crippen MR) is 60.7 cm³/mol. The summed E-state index contributed by atoms with van der Waals surface area (Å²) in [6, 6.07) is 0. The van der Waals surface area contributed by atoms with Gasteiger partial charge in [-0.25, -0.2) is 4.79 Å². The van der Waals surface area contributed by atoms with Crippen LogP contribution >= 0.6 is 0 Å². The van der Waals surface area contributed by atoms with Crippen molar-refractivity contribution in [2.45, 2.75) is 39.0 Å². The van der Waals surface area contributed by atoms with Crippen molar-refractivity contribution in [3.63, 3.8) is 0 Å². The van der Waals surface area contributed by atoms with Crippen LogP contribution < -0.4 is 0 Å². The number of carbonyl (C=O) groups excluding carboxylic acids is 3. The van der Waals surface area contributed by atoms with Gasteiger partial charge >= 0.3 is 5.97 Å². The minimum atomic E-state index is -0.921. The summed E-state index contributed by atoms with van der Waals surface area (Å²) < 4.78 is 0. The normalized spacial score (nSPS) is 9.53. The Kier molecular flexibility index (Phi) is 8.67. The van der Waals surface area contributed by atoms with Crippen LogP contribution in [0.2, 0.25) is 0 Å². The third-order valence-corrected chi connectivity index (χ3v) is 1.98. The number of carbonyl (C=O) groups is 3. The highest BCUT2D eigenvalue weighted by Crippen LogP contribution is 2.02. The Bertz CT molecular complexity index is 332. The fraction of sp³-hybridized carbons (Fsp3) is 0.700. The van der Waals surface area contributed by atoms with Crippen LogP contribution in [0.4, 0.5) is 0 Å². The van der Waals surface area contributed by atoms with E-state index in [0.717, 1.165) is 0 Å². The predicted octanol–water partition coefficient (Wildman–Crippen LogP) is 0.608. The first-order valence-electron chi connectivity index (χ1n) is 5.76. The molecule has 19 heavy (non-hydrogen) atoms. The molecule has 0 fully saturated rings. The molecular formula is C10H16N2O7. The standard InChI is InChI=1S/C10H16N2O7/c1-2-5-9(14)11(8-13)19-10(15)6-3-4-7-18-12(16)17/h8H,2-7H2,1H3. The zero-order chi connectivity index (χ0) is 14.7. The number of imide groups is 1. The summed E-state index contributed by atoms with van der Waals surface area (Å²) in [4.78, 5) is 51.5. The summed E-state index contributed by atoms with van der Waals surface area (Å²) in [6.07, 6.45) is 1.28. The van der Waals surface area contributed by atoms with Gasteiger partial charge in [0.1, 0.15) is 0 Å². The second kappa shape index (κ2) is 9.80. The van der Waals surface area contributed by atoms with E-state index in [1.807, 2.05) is 0 Å². The van der Waals surface area contributed by atoms with Gasteiger partial charge in [-0.15, -0.1) is 15.2 Å². The fourth-order valence-corrected chi connectivity index (χ4v) is 1.12. The van der Waals surface area contributed by atoms with E-state index >= 15 is 0 Å². The molecule has 0 N–H and O–H groups in total. The van der Waals surface area contributed by atoms with Gasteiger partial charge in [0, 0.05) is 12.8 Å². The van der Waals surface area contributed by atoms with Gasteiger partial charge < -0.3 is 9.68 Å². The van der Waals surface area contributed by atoms with E-state index in [2.05, 4.69) is 9.68 Å². The maximum Gasteiger partial charge on any atom is 0.333 e. The minimum Gasteiger partial charge on any atom is -0.331 e. The van der Waals surface area contributed by atoms with E-state index in [1.54, 1.807) is 6.92 Å². The lowest BCUT2D eigenvalue weighted by Gasteiger charge is -2.13. The molecule has 2 amide bonds. The lowest BCUT2D eigenvalue weighted by Crippen LogP contribution is -2.32. The molecule has 0 bridgehead atoms. The topological polar surface area (TPSA) is 116 Å². The molecule has 0 radical (unpaired) electrons. The lowest BCUT2D eigenvalue weighted by molar-refractivity contribution is -0.757. The minimum absolute atomic E-state index is 0.0647. The average molecular weight is 276 g/mol. The van der Waals surface area contributed by atoms with Gasteiger partial charge in [-0.05, 0) is 19.3 Å². The molecule has 0 saturated carbocycles. The van der Waals surface area contributed by atoms with Crippen LogP contribution in [0.15, 0.2) is 0 Å². The highest BCUT2D eigenvalue weighted by molar-refractivity contribution is 5.86. The Morgan fingerprint density at radius 1 is 1.32 bits per heavy atom. The van der Waals surface area contributed by atoms with Crippen molar-refractivity contribution in [2.75, 3.05) is 6.61 Å². The SMILES string of the molecule is CCCC(=O)N(C=O)OC(=O)CCCCO[N+](=O)[O-]. The van der Waals surface area contributed by atoms with E-state index < -0.39 is 17.0 Å². The number of unbranched alkanes of at least 4 members (excludes halogenated alkanes) is 1. The maximum absolute atomic E-state index is 11.3. The molecule has 0 aromatic heterocycles.